The molecule has 1 aromatic carbocycles. The minimum atomic E-state index is -0.531. The minimum Gasteiger partial charge on any atom is -0.326 e. The molecule has 1 saturated heterocycles. The van der Waals surface area contributed by atoms with Crippen LogP contribution in [-0.4, -0.2) is 33.2 Å². The summed E-state index contributed by atoms with van der Waals surface area (Å²) in [6.07, 6.45) is 5.63. The normalized spacial score (nSPS) is 22.2. The highest BCUT2D eigenvalue weighted by molar-refractivity contribution is 8.15. The molecule has 0 spiro atoms. The van der Waals surface area contributed by atoms with Gasteiger partial charge in [-0.15, -0.1) is 0 Å². The van der Waals surface area contributed by atoms with Crippen LogP contribution in [0.4, 0.5) is 11.4 Å². The second-order valence-electron chi connectivity index (χ2n) is 6.38. The number of aliphatic imine (C=N–C) groups is 1. The van der Waals surface area contributed by atoms with Crippen molar-refractivity contribution in [3.8, 4) is 0 Å². The van der Waals surface area contributed by atoms with E-state index >= 15 is 0 Å². The second kappa shape index (κ2) is 8.31. The number of amidine groups is 1. The molecule has 2 fully saturated rings. The van der Waals surface area contributed by atoms with Crippen molar-refractivity contribution in [2.75, 3.05) is 5.32 Å². The van der Waals surface area contributed by atoms with Gasteiger partial charge in [0.05, 0.1) is 11.0 Å². The van der Waals surface area contributed by atoms with Crippen LogP contribution in [-0.2, 0) is 9.59 Å². The number of amides is 2. The highest BCUT2D eigenvalue weighted by Gasteiger charge is 2.32. The zero-order valence-corrected chi connectivity index (χ0v) is 15.0. The van der Waals surface area contributed by atoms with Crippen LogP contribution in [0.15, 0.2) is 29.3 Å². The van der Waals surface area contributed by atoms with Gasteiger partial charge in [0.1, 0.15) is 5.25 Å². The Morgan fingerprint density at radius 2 is 2.12 bits per heavy atom. The summed E-state index contributed by atoms with van der Waals surface area (Å²) in [5.41, 5.74) is 0.237. The van der Waals surface area contributed by atoms with Gasteiger partial charge in [0, 0.05) is 24.2 Å². The Labute approximate surface area is 155 Å². The zero-order chi connectivity index (χ0) is 18.5. The monoisotopic (exact) mass is 376 g/mol. The van der Waals surface area contributed by atoms with Gasteiger partial charge in [-0.25, -0.2) is 0 Å². The van der Waals surface area contributed by atoms with Crippen molar-refractivity contribution in [3.05, 3.63) is 34.4 Å². The van der Waals surface area contributed by atoms with Crippen LogP contribution in [0.2, 0.25) is 0 Å². The average Bonchev–Trinajstić information content (AvgIpc) is 2.95. The number of carbonyl (C=O) groups excluding carboxylic acids is 2. The van der Waals surface area contributed by atoms with Crippen LogP contribution in [0.1, 0.15) is 38.5 Å². The van der Waals surface area contributed by atoms with Crippen LogP contribution in [0.3, 0.4) is 0 Å². The molecule has 8 nitrogen and oxygen atoms in total. The summed E-state index contributed by atoms with van der Waals surface area (Å²) >= 11 is 1.28. The Balaban J connectivity index is 1.55. The molecular formula is C17H20N4O4S. The first-order chi connectivity index (χ1) is 12.5. The van der Waals surface area contributed by atoms with Crippen LogP contribution >= 0.6 is 11.8 Å². The van der Waals surface area contributed by atoms with Gasteiger partial charge in [0.2, 0.25) is 11.8 Å². The third-order valence-corrected chi connectivity index (χ3v) is 5.46. The lowest BCUT2D eigenvalue weighted by Gasteiger charge is -2.17. The Kier molecular flexibility index (Phi) is 5.87. The Morgan fingerprint density at radius 1 is 1.35 bits per heavy atom. The summed E-state index contributed by atoms with van der Waals surface area (Å²) in [7, 11) is 0. The number of nitrogens with one attached hydrogen (secondary N) is 2. The van der Waals surface area contributed by atoms with Gasteiger partial charge in [0.15, 0.2) is 5.17 Å². The van der Waals surface area contributed by atoms with Gasteiger partial charge in [0.25, 0.3) is 5.69 Å². The fourth-order valence-electron chi connectivity index (χ4n) is 3.05. The highest BCUT2D eigenvalue weighted by Crippen LogP contribution is 2.27. The molecule has 1 saturated carbocycles. The van der Waals surface area contributed by atoms with Gasteiger partial charge >= 0.3 is 0 Å². The van der Waals surface area contributed by atoms with E-state index in [9.17, 15) is 19.7 Å². The van der Waals surface area contributed by atoms with Crippen LogP contribution in [0, 0.1) is 10.1 Å². The summed E-state index contributed by atoms with van der Waals surface area (Å²) in [6, 6.07) is 5.96. The zero-order valence-electron chi connectivity index (χ0n) is 14.1. The largest absolute Gasteiger partial charge is 0.326 e. The summed E-state index contributed by atoms with van der Waals surface area (Å²) in [4.78, 5) is 39.1. The summed E-state index contributed by atoms with van der Waals surface area (Å²) < 4.78 is 0. The van der Waals surface area contributed by atoms with E-state index in [1.165, 1.54) is 36.4 Å². The number of nitro groups is 1. The number of anilines is 1. The van der Waals surface area contributed by atoms with E-state index < -0.39 is 10.2 Å². The van der Waals surface area contributed by atoms with Gasteiger partial charge in [-0.1, -0.05) is 37.1 Å². The maximum atomic E-state index is 12.2. The fourth-order valence-corrected chi connectivity index (χ4v) is 4.09. The average molecular weight is 376 g/mol. The molecular weight excluding hydrogens is 356 g/mol. The molecule has 0 radical (unpaired) electrons. The summed E-state index contributed by atoms with van der Waals surface area (Å²) in [6.45, 7) is 0. The molecule has 0 aromatic heterocycles. The second-order valence-corrected chi connectivity index (χ2v) is 7.57. The number of rotatable bonds is 5. The molecule has 1 aromatic rings. The van der Waals surface area contributed by atoms with E-state index in [4.69, 9.17) is 0 Å². The molecule has 2 aliphatic rings. The van der Waals surface area contributed by atoms with Crippen LogP contribution in [0.5, 0.6) is 0 Å². The molecule has 9 heteroatoms. The maximum absolute atomic E-state index is 12.2. The van der Waals surface area contributed by atoms with Gasteiger partial charge in [-0.05, 0) is 18.9 Å². The number of benzene rings is 1. The molecule has 1 heterocycles. The number of carbonyl (C=O) groups is 2. The van der Waals surface area contributed by atoms with E-state index in [0.717, 1.165) is 25.7 Å². The number of non-ortho nitro benzene ring substituents is 1. The number of hydrogen-bond donors (Lipinski definition) is 2. The summed E-state index contributed by atoms with van der Waals surface area (Å²) in [5, 5.41) is 16.2. The quantitative estimate of drug-likeness (QED) is 0.606. The lowest BCUT2D eigenvalue weighted by molar-refractivity contribution is -0.384. The van der Waals surface area contributed by atoms with Crippen molar-refractivity contribution >= 4 is 40.1 Å². The molecule has 1 atom stereocenters. The van der Waals surface area contributed by atoms with Crippen molar-refractivity contribution in [2.45, 2.75) is 49.8 Å². The van der Waals surface area contributed by atoms with Crippen molar-refractivity contribution in [3.63, 3.8) is 0 Å². The Bertz CT molecular complexity index is 746. The van der Waals surface area contributed by atoms with Crippen molar-refractivity contribution in [1.82, 2.24) is 5.32 Å². The standard InChI is InChI=1S/C17H20N4O4S/c22-15(18-12-7-4-8-13(9-12)21(24)25)10-14-16(23)20-17(26-14)19-11-5-2-1-3-6-11/h4,7-9,11,14H,1-3,5-6,10H2,(H,18,22)(H,19,20,23)/t14-/m1/s1. The summed E-state index contributed by atoms with van der Waals surface area (Å²) in [5.74, 6) is -0.587. The van der Waals surface area contributed by atoms with Crippen LogP contribution < -0.4 is 10.6 Å². The molecule has 138 valence electrons. The lowest BCUT2D eigenvalue weighted by Crippen LogP contribution is -2.28. The van der Waals surface area contributed by atoms with E-state index in [2.05, 4.69) is 15.6 Å². The van der Waals surface area contributed by atoms with E-state index in [1.807, 2.05) is 0 Å². The highest BCUT2D eigenvalue weighted by atomic mass is 32.2. The van der Waals surface area contributed by atoms with Crippen molar-refractivity contribution in [2.24, 2.45) is 4.99 Å². The number of nitro benzene ring substituents is 1. The first-order valence-corrected chi connectivity index (χ1v) is 9.49. The fraction of sp³-hybridized carbons (Fsp3) is 0.471. The van der Waals surface area contributed by atoms with Gasteiger partial charge < -0.3 is 10.6 Å². The molecule has 2 N–H and O–H groups in total. The van der Waals surface area contributed by atoms with Crippen LogP contribution in [0.25, 0.3) is 0 Å². The van der Waals surface area contributed by atoms with Crippen molar-refractivity contribution in [1.29, 1.82) is 0 Å². The first-order valence-electron chi connectivity index (χ1n) is 8.61. The van der Waals surface area contributed by atoms with Gasteiger partial charge in [-0.3, -0.25) is 24.7 Å². The first kappa shape index (κ1) is 18.4. The molecule has 1 aliphatic carbocycles. The minimum absolute atomic E-state index is 0.0110. The predicted octanol–water partition coefficient (Wildman–Crippen LogP) is 2.84. The Hall–Kier alpha value is -2.42. The molecule has 2 amide bonds. The molecule has 0 bridgehead atoms. The Morgan fingerprint density at radius 3 is 2.85 bits per heavy atom. The third-order valence-electron chi connectivity index (χ3n) is 4.36. The van der Waals surface area contributed by atoms with Gasteiger partial charge in [-0.2, -0.15) is 0 Å². The molecule has 26 heavy (non-hydrogen) atoms. The number of thioether (sulfide) groups is 1. The molecule has 0 unspecified atom stereocenters. The van der Waals surface area contributed by atoms with E-state index in [0.29, 0.717) is 10.9 Å². The molecule has 1 aliphatic heterocycles. The number of nitrogens with zero attached hydrogens (tertiary/aromatic N) is 2. The predicted molar refractivity (Wildman–Crippen MR) is 100 cm³/mol. The van der Waals surface area contributed by atoms with Crippen molar-refractivity contribution < 1.29 is 14.5 Å². The van der Waals surface area contributed by atoms with E-state index in [1.54, 1.807) is 6.07 Å². The van der Waals surface area contributed by atoms with E-state index in [-0.39, 0.29) is 30.0 Å². The third kappa shape index (κ3) is 4.81. The SMILES string of the molecule is O=C(C[C@H]1SC(=NC2CCCCC2)NC1=O)Nc1cccc([N+](=O)[O-])c1. The smallest absolute Gasteiger partial charge is 0.271 e. The number of hydrogen-bond acceptors (Lipinski definition) is 6. The maximum Gasteiger partial charge on any atom is 0.271 e. The lowest BCUT2D eigenvalue weighted by atomic mass is 9.96. The molecule has 3 rings (SSSR count). The topological polar surface area (TPSA) is 114 Å².